The number of piperidine rings is 1. The predicted molar refractivity (Wildman–Crippen MR) is 110 cm³/mol. The summed E-state index contributed by atoms with van der Waals surface area (Å²) < 4.78 is 5.54. The zero-order chi connectivity index (χ0) is 19.9. The molecule has 2 aromatic rings. The third kappa shape index (κ3) is 5.12. The molecule has 2 aromatic carbocycles. The lowest BCUT2D eigenvalue weighted by Gasteiger charge is -2.31. The summed E-state index contributed by atoms with van der Waals surface area (Å²) in [7, 11) is 0. The van der Waals surface area contributed by atoms with Gasteiger partial charge in [0.15, 0.2) is 6.61 Å². The maximum absolute atomic E-state index is 12.7. The second kappa shape index (κ2) is 9.40. The molecule has 1 aliphatic rings. The van der Waals surface area contributed by atoms with Crippen LogP contribution in [0.5, 0.6) is 5.75 Å². The van der Waals surface area contributed by atoms with Gasteiger partial charge in [0.2, 0.25) is 5.91 Å². The fraction of sp³-hybridized carbons (Fsp3) is 0.391. The van der Waals surface area contributed by atoms with Crippen molar-refractivity contribution in [2.45, 2.75) is 32.6 Å². The number of likely N-dealkylation sites (tertiary alicyclic amines) is 1. The maximum atomic E-state index is 12.7. The highest BCUT2D eigenvalue weighted by Crippen LogP contribution is 2.26. The van der Waals surface area contributed by atoms with Crippen molar-refractivity contribution < 1.29 is 14.3 Å². The average Bonchev–Trinajstić information content (AvgIpc) is 2.73. The molecule has 0 saturated carbocycles. The van der Waals surface area contributed by atoms with E-state index in [0.717, 1.165) is 11.3 Å². The van der Waals surface area contributed by atoms with Gasteiger partial charge in [-0.3, -0.25) is 9.59 Å². The molecule has 3 rings (SSSR count). The molecule has 0 spiro atoms. The molecule has 0 bridgehead atoms. The van der Waals surface area contributed by atoms with Gasteiger partial charge in [-0.15, -0.1) is 0 Å². The largest absolute Gasteiger partial charge is 0.484 e. The van der Waals surface area contributed by atoms with Gasteiger partial charge in [0.05, 0.1) is 0 Å². The van der Waals surface area contributed by atoms with Crippen molar-refractivity contribution in [1.82, 2.24) is 4.90 Å². The molecule has 0 radical (unpaired) electrons. The average molecular weight is 380 g/mol. The molecular weight excluding hydrogens is 352 g/mol. The smallest absolute Gasteiger partial charge is 0.260 e. The Hall–Kier alpha value is -2.82. The van der Waals surface area contributed by atoms with Gasteiger partial charge in [-0.05, 0) is 42.5 Å². The van der Waals surface area contributed by atoms with Gasteiger partial charge in [-0.1, -0.05) is 50.2 Å². The van der Waals surface area contributed by atoms with Crippen LogP contribution in [0.3, 0.4) is 0 Å². The van der Waals surface area contributed by atoms with Crippen LogP contribution in [0.2, 0.25) is 0 Å². The Morgan fingerprint density at radius 1 is 1.04 bits per heavy atom. The van der Waals surface area contributed by atoms with Crippen molar-refractivity contribution in [2.75, 3.05) is 25.0 Å². The van der Waals surface area contributed by atoms with E-state index >= 15 is 0 Å². The van der Waals surface area contributed by atoms with Crippen LogP contribution in [0.4, 0.5) is 5.69 Å². The van der Waals surface area contributed by atoms with Gasteiger partial charge >= 0.3 is 0 Å². The van der Waals surface area contributed by atoms with Crippen LogP contribution in [0.25, 0.3) is 0 Å². The number of benzene rings is 2. The summed E-state index contributed by atoms with van der Waals surface area (Å²) in [5.41, 5.74) is 2.03. The van der Waals surface area contributed by atoms with Crippen molar-refractivity contribution in [2.24, 2.45) is 5.92 Å². The first-order chi connectivity index (χ1) is 13.5. The van der Waals surface area contributed by atoms with Crippen molar-refractivity contribution in [3.05, 3.63) is 60.2 Å². The number of ether oxygens (including phenoxy) is 1. The molecule has 0 unspecified atom stereocenters. The van der Waals surface area contributed by atoms with E-state index in [9.17, 15) is 9.59 Å². The minimum atomic E-state index is -0.0701. The van der Waals surface area contributed by atoms with Crippen LogP contribution < -0.4 is 10.1 Å². The summed E-state index contributed by atoms with van der Waals surface area (Å²) in [6.07, 6.45) is 1.35. The minimum absolute atomic E-state index is 0.0304. The van der Waals surface area contributed by atoms with Gasteiger partial charge in [0.1, 0.15) is 5.75 Å². The standard InChI is InChI=1S/C23H28N2O3/c1-17(2)20-10-6-7-11-21(20)24-23(27)18-12-14-25(15-13-18)22(26)16-28-19-8-4-3-5-9-19/h3-11,17-18H,12-16H2,1-2H3,(H,24,27). The minimum Gasteiger partial charge on any atom is -0.484 e. The number of anilines is 1. The highest BCUT2D eigenvalue weighted by atomic mass is 16.5. The molecule has 1 N–H and O–H groups in total. The first-order valence-electron chi connectivity index (χ1n) is 9.90. The molecule has 1 heterocycles. The zero-order valence-corrected chi connectivity index (χ0v) is 16.6. The first kappa shape index (κ1) is 19.9. The van der Waals surface area contributed by atoms with Crippen LogP contribution in [-0.4, -0.2) is 36.4 Å². The second-order valence-corrected chi connectivity index (χ2v) is 7.49. The Balaban J connectivity index is 1.48. The maximum Gasteiger partial charge on any atom is 0.260 e. The lowest BCUT2D eigenvalue weighted by atomic mass is 9.95. The van der Waals surface area contributed by atoms with E-state index < -0.39 is 0 Å². The third-order valence-corrected chi connectivity index (χ3v) is 5.16. The van der Waals surface area contributed by atoms with E-state index in [4.69, 9.17) is 4.74 Å². The zero-order valence-electron chi connectivity index (χ0n) is 16.6. The van der Waals surface area contributed by atoms with Crippen molar-refractivity contribution in [3.8, 4) is 5.75 Å². The molecular formula is C23H28N2O3. The van der Waals surface area contributed by atoms with Crippen molar-refractivity contribution >= 4 is 17.5 Å². The number of nitrogens with zero attached hydrogens (tertiary/aromatic N) is 1. The Kier molecular flexibility index (Phi) is 6.69. The topological polar surface area (TPSA) is 58.6 Å². The number of rotatable bonds is 6. The number of nitrogens with one attached hydrogen (secondary N) is 1. The van der Waals surface area contributed by atoms with Crippen LogP contribution in [-0.2, 0) is 9.59 Å². The van der Waals surface area contributed by atoms with E-state index in [-0.39, 0.29) is 24.3 Å². The van der Waals surface area contributed by atoms with Gasteiger partial charge in [-0.25, -0.2) is 0 Å². The molecule has 28 heavy (non-hydrogen) atoms. The highest BCUT2D eigenvalue weighted by Gasteiger charge is 2.28. The Morgan fingerprint density at radius 3 is 2.36 bits per heavy atom. The molecule has 5 heteroatoms. The highest BCUT2D eigenvalue weighted by molar-refractivity contribution is 5.93. The van der Waals surface area contributed by atoms with E-state index in [1.165, 1.54) is 0 Å². The Labute approximate surface area is 166 Å². The second-order valence-electron chi connectivity index (χ2n) is 7.49. The molecule has 1 saturated heterocycles. The molecule has 5 nitrogen and oxygen atoms in total. The van der Waals surface area contributed by atoms with E-state index in [1.807, 2.05) is 54.6 Å². The predicted octanol–water partition coefficient (Wildman–Crippen LogP) is 4.07. The Morgan fingerprint density at radius 2 is 1.68 bits per heavy atom. The summed E-state index contributed by atoms with van der Waals surface area (Å²) in [6.45, 7) is 5.43. The van der Waals surface area contributed by atoms with Crippen LogP contribution in [0.1, 0.15) is 38.2 Å². The number of hydrogen-bond acceptors (Lipinski definition) is 3. The van der Waals surface area contributed by atoms with Gasteiger partial charge in [-0.2, -0.15) is 0 Å². The molecule has 0 atom stereocenters. The summed E-state index contributed by atoms with van der Waals surface area (Å²) in [5, 5.41) is 3.09. The number of carbonyl (C=O) groups excluding carboxylic acids is 2. The Bertz CT molecular complexity index is 797. The van der Waals surface area contributed by atoms with Crippen molar-refractivity contribution in [1.29, 1.82) is 0 Å². The van der Waals surface area contributed by atoms with Crippen molar-refractivity contribution in [3.63, 3.8) is 0 Å². The van der Waals surface area contributed by atoms with Crippen LogP contribution in [0, 0.1) is 5.92 Å². The fourth-order valence-corrected chi connectivity index (χ4v) is 3.49. The lowest BCUT2D eigenvalue weighted by molar-refractivity contribution is -0.136. The number of para-hydroxylation sites is 2. The number of carbonyl (C=O) groups is 2. The van der Waals surface area contributed by atoms with Gasteiger partial charge in [0, 0.05) is 24.7 Å². The van der Waals surface area contributed by atoms with E-state index in [0.29, 0.717) is 37.6 Å². The molecule has 148 valence electrons. The van der Waals surface area contributed by atoms with E-state index in [1.54, 1.807) is 4.90 Å². The summed E-state index contributed by atoms with van der Waals surface area (Å²) >= 11 is 0. The fourth-order valence-electron chi connectivity index (χ4n) is 3.49. The molecule has 1 fully saturated rings. The SMILES string of the molecule is CC(C)c1ccccc1NC(=O)C1CCN(C(=O)COc2ccccc2)CC1. The molecule has 2 amide bonds. The lowest BCUT2D eigenvalue weighted by Crippen LogP contribution is -2.43. The van der Waals surface area contributed by atoms with Crippen LogP contribution >= 0.6 is 0 Å². The molecule has 0 aliphatic carbocycles. The summed E-state index contributed by atoms with van der Waals surface area (Å²) in [6, 6.07) is 17.3. The van der Waals surface area contributed by atoms with Gasteiger partial charge in [0.25, 0.3) is 5.91 Å². The third-order valence-electron chi connectivity index (χ3n) is 5.16. The molecule has 0 aromatic heterocycles. The van der Waals surface area contributed by atoms with Crippen LogP contribution in [0.15, 0.2) is 54.6 Å². The first-order valence-corrected chi connectivity index (χ1v) is 9.90. The molecule has 1 aliphatic heterocycles. The van der Waals surface area contributed by atoms with E-state index in [2.05, 4.69) is 19.2 Å². The monoisotopic (exact) mass is 380 g/mol. The normalized spacial score (nSPS) is 14.8. The summed E-state index contributed by atoms with van der Waals surface area (Å²) in [4.78, 5) is 26.8. The summed E-state index contributed by atoms with van der Waals surface area (Å²) in [5.74, 6) is 0.974. The van der Waals surface area contributed by atoms with Gasteiger partial charge < -0.3 is 15.0 Å². The number of amides is 2. The number of hydrogen-bond donors (Lipinski definition) is 1. The quantitative estimate of drug-likeness (QED) is 0.822.